The molecule has 90 valence electrons. The average Bonchev–Trinajstić information content (AvgIpc) is 2.15. The van der Waals surface area contributed by atoms with Crippen LogP contribution in [0.1, 0.15) is 44.4 Å². The lowest BCUT2D eigenvalue weighted by Gasteiger charge is -2.20. The Morgan fingerprint density at radius 3 is 2.00 bits per heavy atom. The Morgan fingerprint density at radius 2 is 1.62 bits per heavy atom. The van der Waals surface area contributed by atoms with Crippen LogP contribution < -0.4 is 0 Å². The van der Waals surface area contributed by atoms with E-state index in [1.54, 1.807) is 12.1 Å². The van der Waals surface area contributed by atoms with Gasteiger partial charge in [-0.2, -0.15) is 0 Å². The molecule has 0 saturated carbocycles. The number of aliphatic hydroxyl groups excluding tert-OH is 1. The van der Waals surface area contributed by atoms with E-state index in [1.165, 1.54) is 0 Å². The van der Waals surface area contributed by atoms with Gasteiger partial charge in [-0.15, -0.1) is 0 Å². The number of rotatable bonds is 3. The summed E-state index contributed by atoms with van der Waals surface area (Å²) in [4.78, 5) is 0. The first-order valence-corrected chi connectivity index (χ1v) is 5.37. The minimum absolute atomic E-state index is 0.0339. The highest BCUT2D eigenvalue weighted by Crippen LogP contribution is 2.25. The Labute approximate surface area is 95.1 Å². The second-order valence-electron chi connectivity index (χ2n) is 5.01. The quantitative estimate of drug-likeness (QED) is 0.836. The van der Waals surface area contributed by atoms with Gasteiger partial charge in [0.25, 0.3) is 0 Å². The molecule has 0 spiro atoms. The van der Waals surface area contributed by atoms with E-state index in [4.69, 9.17) is 0 Å². The largest absolute Gasteiger partial charge is 0.388 e. The van der Waals surface area contributed by atoms with Crippen LogP contribution in [0.2, 0.25) is 0 Å². The Balaban J connectivity index is 2.79. The lowest BCUT2D eigenvalue weighted by molar-refractivity contribution is 0.0611. The zero-order chi connectivity index (χ0) is 12.3. The third-order valence-electron chi connectivity index (χ3n) is 2.56. The fraction of sp³-hybridized carbons (Fsp3) is 0.538. The van der Waals surface area contributed by atoms with Gasteiger partial charge in [0, 0.05) is 6.42 Å². The van der Waals surface area contributed by atoms with Gasteiger partial charge in [0.1, 0.15) is 0 Å². The molecular formula is C13H18F2O. The van der Waals surface area contributed by atoms with E-state index in [0.717, 1.165) is 5.56 Å². The molecule has 0 aliphatic rings. The van der Waals surface area contributed by atoms with Crippen molar-refractivity contribution in [3.63, 3.8) is 0 Å². The molecule has 1 aromatic carbocycles. The molecule has 1 N–H and O–H groups in total. The van der Waals surface area contributed by atoms with E-state index in [9.17, 15) is 13.9 Å². The van der Waals surface area contributed by atoms with Crippen molar-refractivity contribution in [1.29, 1.82) is 0 Å². The maximum Gasteiger partial charge on any atom is 0.241 e. The summed E-state index contributed by atoms with van der Waals surface area (Å²) in [6.07, 6.45) is -4.05. The fourth-order valence-corrected chi connectivity index (χ4v) is 1.51. The van der Waals surface area contributed by atoms with E-state index in [0.29, 0.717) is 5.56 Å². The van der Waals surface area contributed by atoms with Gasteiger partial charge in [-0.3, -0.25) is 0 Å². The van der Waals surface area contributed by atoms with Crippen molar-refractivity contribution in [2.75, 3.05) is 0 Å². The highest BCUT2D eigenvalue weighted by Gasteiger charge is 2.16. The number of alkyl halides is 2. The minimum atomic E-state index is -2.47. The molecule has 0 amide bonds. The normalized spacial score (nSPS) is 14.2. The van der Waals surface area contributed by atoms with Crippen molar-refractivity contribution < 1.29 is 13.9 Å². The summed E-state index contributed by atoms with van der Waals surface area (Å²) in [5.74, 6) is 0. The average molecular weight is 228 g/mol. The Bertz CT molecular complexity index is 325. The van der Waals surface area contributed by atoms with Gasteiger partial charge < -0.3 is 5.11 Å². The molecule has 0 bridgehead atoms. The monoisotopic (exact) mass is 228 g/mol. The van der Waals surface area contributed by atoms with Crippen molar-refractivity contribution in [1.82, 2.24) is 0 Å². The molecule has 1 atom stereocenters. The zero-order valence-electron chi connectivity index (χ0n) is 9.87. The van der Waals surface area contributed by atoms with E-state index >= 15 is 0 Å². The second kappa shape index (κ2) is 4.91. The van der Waals surface area contributed by atoms with Gasteiger partial charge in [0.2, 0.25) is 6.43 Å². The van der Waals surface area contributed by atoms with Crippen molar-refractivity contribution in [3.8, 4) is 0 Å². The molecule has 0 radical (unpaired) electrons. The number of halogens is 2. The third-order valence-corrected chi connectivity index (χ3v) is 2.56. The maximum absolute atomic E-state index is 12.1. The molecule has 0 aliphatic heterocycles. The molecule has 16 heavy (non-hydrogen) atoms. The number of hydrogen-bond donors (Lipinski definition) is 1. The summed E-state index contributed by atoms with van der Waals surface area (Å²) in [6, 6.07) is 7.19. The first-order chi connectivity index (χ1) is 7.30. The summed E-state index contributed by atoms with van der Waals surface area (Å²) in [6.45, 7) is 6.24. The number of hydrogen-bond acceptors (Lipinski definition) is 1. The first kappa shape index (κ1) is 13.1. The molecule has 0 saturated heterocycles. The lowest BCUT2D eigenvalue weighted by Crippen LogP contribution is -2.11. The molecular weight excluding hydrogens is 210 g/mol. The van der Waals surface area contributed by atoms with Gasteiger partial charge in [-0.05, 0) is 16.5 Å². The van der Waals surface area contributed by atoms with Crippen molar-refractivity contribution in [2.45, 2.75) is 45.1 Å². The van der Waals surface area contributed by atoms with E-state index in [-0.39, 0.29) is 5.41 Å². The summed E-state index contributed by atoms with van der Waals surface area (Å²) in [5, 5.41) is 9.50. The van der Waals surface area contributed by atoms with Crippen LogP contribution in [0.4, 0.5) is 8.78 Å². The van der Waals surface area contributed by atoms with E-state index in [2.05, 4.69) is 20.8 Å². The van der Waals surface area contributed by atoms with Crippen LogP contribution in [0.3, 0.4) is 0 Å². The molecule has 1 nitrogen and oxygen atoms in total. The van der Waals surface area contributed by atoms with Crippen molar-refractivity contribution in [3.05, 3.63) is 35.4 Å². The molecule has 3 heteroatoms. The fourth-order valence-electron chi connectivity index (χ4n) is 1.51. The first-order valence-electron chi connectivity index (χ1n) is 5.37. The van der Waals surface area contributed by atoms with Crippen LogP contribution in [-0.2, 0) is 5.41 Å². The van der Waals surface area contributed by atoms with Gasteiger partial charge in [0.15, 0.2) is 0 Å². The third kappa shape index (κ3) is 3.56. The van der Waals surface area contributed by atoms with Gasteiger partial charge >= 0.3 is 0 Å². The molecule has 0 aliphatic carbocycles. The Kier molecular flexibility index (Phi) is 4.03. The Hall–Kier alpha value is -0.960. The van der Waals surface area contributed by atoms with Gasteiger partial charge in [-0.25, -0.2) is 8.78 Å². The Morgan fingerprint density at radius 1 is 1.12 bits per heavy atom. The van der Waals surface area contributed by atoms with Crippen LogP contribution in [0.15, 0.2) is 24.3 Å². The molecule has 0 heterocycles. The van der Waals surface area contributed by atoms with Gasteiger partial charge in [-0.1, -0.05) is 45.0 Å². The topological polar surface area (TPSA) is 20.2 Å². The molecule has 0 aromatic heterocycles. The smallest absolute Gasteiger partial charge is 0.241 e. The standard InChI is InChI=1S/C13H18F2O/c1-13(2,3)10-6-4-9(5-7-10)11(16)8-12(14)15/h4-7,11-12,16H,8H2,1-3H3. The highest BCUT2D eigenvalue weighted by molar-refractivity contribution is 5.28. The molecule has 1 aromatic rings. The lowest BCUT2D eigenvalue weighted by atomic mass is 9.86. The van der Waals surface area contributed by atoms with Crippen LogP contribution >= 0.6 is 0 Å². The van der Waals surface area contributed by atoms with Crippen LogP contribution in [0, 0.1) is 0 Å². The summed E-state index contributed by atoms with van der Waals surface area (Å²) < 4.78 is 24.2. The molecule has 1 unspecified atom stereocenters. The summed E-state index contributed by atoms with van der Waals surface area (Å²) >= 11 is 0. The minimum Gasteiger partial charge on any atom is -0.388 e. The van der Waals surface area contributed by atoms with Crippen LogP contribution in [-0.4, -0.2) is 11.5 Å². The van der Waals surface area contributed by atoms with Crippen LogP contribution in [0.5, 0.6) is 0 Å². The zero-order valence-corrected chi connectivity index (χ0v) is 9.87. The highest BCUT2D eigenvalue weighted by atomic mass is 19.3. The van der Waals surface area contributed by atoms with Gasteiger partial charge in [0.05, 0.1) is 6.10 Å². The number of benzene rings is 1. The molecule has 1 rings (SSSR count). The SMILES string of the molecule is CC(C)(C)c1ccc(C(O)CC(F)F)cc1. The van der Waals surface area contributed by atoms with Crippen molar-refractivity contribution >= 4 is 0 Å². The van der Waals surface area contributed by atoms with E-state index < -0.39 is 19.0 Å². The molecule has 0 fully saturated rings. The predicted octanol–water partition coefficient (Wildman–Crippen LogP) is 3.67. The summed E-state index contributed by atoms with van der Waals surface area (Å²) in [7, 11) is 0. The van der Waals surface area contributed by atoms with Crippen LogP contribution in [0.25, 0.3) is 0 Å². The predicted molar refractivity (Wildman–Crippen MR) is 60.7 cm³/mol. The van der Waals surface area contributed by atoms with E-state index in [1.807, 2.05) is 12.1 Å². The summed E-state index contributed by atoms with van der Waals surface area (Å²) in [5.41, 5.74) is 1.71. The maximum atomic E-state index is 12.1. The van der Waals surface area contributed by atoms with Crippen molar-refractivity contribution in [2.24, 2.45) is 0 Å². The number of aliphatic hydroxyl groups is 1. The second-order valence-corrected chi connectivity index (χ2v) is 5.01.